The predicted octanol–water partition coefficient (Wildman–Crippen LogP) is 3.22. The van der Waals surface area contributed by atoms with Crippen molar-refractivity contribution in [3.05, 3.63) is 47.3 Å². The Labute approximate surface area is 130 Å². The number of hydrogen-bond acceptors (Lipinski definition) is 3. The summed E-state index contributed by atoms with van der Waals surface area (Å²) >= 11 is 1.88. The number of rotatable bonds is 6. The fraction of sp³-hybridized carbons (Fsp3) is 0.471. The van der Waals surface area contributed by atoms with Gasteiger partial charge >= 0.3 is 0 Å². The first-order valence-corrected chi connectivity index (χ1v) is 8.78. The zero-order valence-corrected chi connectivity index (χ0v) is 13.3. The second-order valence-electron chi connectivity index (χ2n) is 5.78. The van der Waals surface area contributed by atoms with Gasteiger partial charge < -0.3 is 5.11 Å². The zero-order valence-electron chi connectivity index (χ0n) is 12.5. The standard InChI is InChI=1S/C17H22N2OS/c1-13(10-20)11-21-12-16-15-8-5-9-17(15)19(18-16)14-6-3-2-4-7-14/h2-4,6-7,13,20H,5,8-12H2,1H3. The molecule has 0 amide bonds. The highest BCUT2D eigenvalue weighted by Crippen LogP contribution is 2.30. The van der Waals surface area contributed by atoms with E-state index >= 15 is 0 Å². The van der Waals surface area contributed by atoms with Crippen LogP contribution in [0.2, 0.25) is 0 Å². The number of aromatic nitrogens is 2. The van der Waals surface area contributed by atoms with Crippen LogP contribution >= 0.6 is 11.8 Å². The van der Waals surface area contributed by atoms with Crippen molar-refractivity contribution in [2.45, 2.75) is 31.9 Å². The summed E-state index contributed by atoms with van der Waals surface area (Å²) in [4.78, 5) is 0. The highest BCUT2D eigenvalue weighted by Gasteiger charge is 2.22. The van der Waals surface area contributed by atoms with Gasteiger partial charge in [-0.3, -0.25) is 0 Å². The minimum atomic E-state index is 0.267. The summed E-state index contributed by atoms with van der Waals surface area (Å²) in [5.41, 5.74) is 5.26. The molecule has 0 radical (unpaired) electrons. The Balaban J connectivity index is 1.80. The van der Waals surface area contributed by atoms with Crippen molar-refractivity contribution in [1.29, 1.82) is 0 Å². The predicted molar refractivity (Wildman–Crippen MR) is 88.0 cm³/mol. The molecule has 1 unspecified atom stereocenters. The van der Waals surface area contributed by atoms with Gasteiger partial charge in [0.25, 0.3) is 0 Å². The van der Waals surface area contributed by atoms with E-state index in [2.05, 4.69) is 35.9 Å². The van der Waals surface area contributed by atoms with E-state index in [-0.39, 0.29) is 6.61 Å². The number of aliphatic hydroxyl groups is 1. The van der Waals surface area contributed by atoms with E-state index in [1.54, 1.807) is 0 Å². The van der Waals surface area contributed by atoms with Gasteiger partial charge in [-0.2, -0.15) is 16.9 Å². The monoisotopic (exact) mass is 302 g/mol. The van der Waals surface area contributed by atoms with E-state index < -0.39 is 0 Å². The van der Waals surface area contributed by atoms with Crippen LogP contribution in [0.4, 0.5) is 0 Å². The van der Waals surface area contributed by atoms with Crippen LogP contribution in [0.3, 0.4) is 0 Å². The third-order valence-electron chi connectivity index (χ3n) is 3.97. The summed E-state index contributed by atoms with van der Waals surface area (Å²) in [5, 5.41) is 14.0. The SMILES string of the molecule is CC(CO)CSCc1nn(-c2ccccc2)c2c1CCC2. The number of aliphatic hydroxyl groups excluding tert-OH is 1. The largest absolute Gasteiger partial charge is 0.396 e. The lowest BCUT2D eigenvalue weighted by atomic mass is 10.2. The summed E-state index contributed by atoms with van der Waals surface area (Å²) in [6, 6.07) is 10.4. The summed E-state index contributed by atoms with van der Waals surface area (Å²) in [6.45, 7) is 2.35. The molecule has 0 bridgehead atoms. The molecule has 1 aliphatic rings. The maximum Gasteiger partial charge on any atom is 0.0762 e. The Morgan fingerprint density at radius 3 is 2.86 bits per heavy atom. The van der Waals surface area contributed by atoms with Crippen molar-refractivity contribution in [3.63, 3.8) is 0 Å². The minimum Gasteiger partial charge on any atom is -0.396 e. The normalized spacial score (nSPS) is 15.1. The number of nitrogens with zero attached hydrogens (tertiary/aromatic N) is 2. The molecule has 4 heteroatoms. The molecule has 0 aliphatic heterocycles. The lowest BCUT2D eigenvalue weighted by Gasteiger charge is -2.06. The Kier molecular flexibility index (Phi) is 4.66. The van der Waals surface area contributed by atoms with Gasteiger partial charge in [0.2, 0.25) is 0 Å². The van der Waals surface area contributed by atoms with Gasteiger partial charge in [0.05, 0.1) is 11.4 Å². The molecule has 0 saturated carbocycles. The van der Waals surface area contributed by atoms with Crippen LogP contribution in [0.15, 0.2) is 30.3 Å². The number of benzene rings is 1. The molecule has 0 fully saturated rings. The van der Waals surface area contributed by atoms with Crippen LogP contribution in [0.5, 0.6) is 0 Å². The first kappa shape index (κ1) is 14.7. The fourth-order valence-corrected chi connectivity index (χ4v) is 3.87. The molecule has 1 aromatic carbocycles. The molecule has 1 aromatic heterocycles. The molecule has 0 saturated heterocycles. The van der Waals surface area contributed by atoms with Gasteiger partial charge in [-0.1, -0.05) is 25.1 Å². The van der Waals surface area contributed by atoms with Crippen LogP contribution in [0.25, 0.3) is 5.69 Å². The molecule has 1 atom stereocenters. The Morgan fingerprint density at radius 2 is 2.10 bits per heavy atom. The molecular formula is C17H22N2OS. The van der Waals surface area contributed by atoms with E-state index in [4.69, 9.17) is 10.2 Å². The second-order valence-corrected chi connectivity index (χ2v) is 6.81. The summed E-state index contributed by atoms with van der Waals surface area (Å²) in [7, 11) is 0. The van der Waals surface area contributed by atoms with Crippen LogP contribution < -0.4 is 0 Å². The van der Waals surface area contributed by atoms with Crippen molar-refractivity contribution in [1.82, 2.24) is 9.78 Å². The maximum absolute atomic E-state index is 9.11. The molecule has 2 aromatic rings. The minimum absolute atomic E-state index is 0.267. The Bertz CT molecular complexity index is 594. The van der Waals surface area contributed by atoms with Gasteiger partial charge in [-0.25, -0.2) is 4.68 Å². The van der Waals surface area contributed by atoms with Gasteiger partial charge in [0.1, 0.15) is 0 Å². The summed E-state index contributed by atoms with van der Waals surface area (Å²) < 4.78 is 2.13. The average Bonchev–Trinajstić information content (AvgIpc) is 3.11. The number of hydrogen-bond donors (Lipinski definition) is 1. The average molecular weight is 302 g/mol. The van der Waals surface area contributed by atoms with E-state index in [9.17, 15) is 0 Å². The third kappa shape index (κ3) is 3.16. The number of thioether (sulfide) groups is 1. The molecular weight excluding hydrogens is 280 g/mol. The van der Waals surface area contributed by atoms with E-state index in [0.717, 1.165) is 30.0 Å². The molecule has 21 heavy (non-hydrogen) atoms. The van der Waals surface area contributed by atoms with Crippen molar-refractivity contribution in [3.8, 4) is 5.69 Å². The van der Waals surface area contributed by atoms with Gasteiger partial charge in [-0.05, 0) is 48.6 Å². The quantitative estimate of drug-likeness (QED) is 0.890. The lowest BCUT2D eigenvalue weighted by molar-refractivity contribution is 0.250. The topological polar surface area (TPSA) is 38.1 Å². The summed E-state index contributed by atoms with van der Waals surface area (Å²) in [6.07, 6.45) is 3.54. The van der Waals surface area contributed by atoms with Crippen molar-refractivity contribution >= 4 is 11.8 Å². The lowest BCUT2D eigenvalue weighted by Crippen LogP contribution is -2.04. The van der Waals surface area contributed by atoms with Crippen LogP contribution in [0.1, 0.15) is 30.3 Å². The van der Waals surface area contributed by atoms with Gasteiger partial charge in [0.15, 0.2) is 0 Å². The third-order valence-corrected chi connectivity index (χ3v) is 5.25. The van der Waals surface area contributed by atoms with E-state index in [0.29, 0.717) is 5.92 Å². The van der Waals surface area contributed by atoms with E-state index in [1.807, 2.05) is 17.8 Å². The van der Waals surface area contributed by atoms with E-state index in [1.165, 1.54) is 23.4 Å². The number of para-hydroxylation sites is 1. The van der Waals surface area contributed by atoms with Crippen LogP contribution in [0, 0.1) is 5.92 Å². The van der Waals surface area contributed by atoms with Crippen LogP contribution in [-0.4, -0.2) is 27.2 Å². The molecule has 1 N–H and O–H groups in total. The molecule has 3 nitrogen and oxygen atoms in total. The van der Waals surface area contributed by atoms with Gasteiger partial charge in [0, 0.05) is 18.1 Å². The molecule has 0 spiro atoms. The van der Waals surface area contributed by atoms with Crippen LogP contribution in [-0.2, 0) is 18.6 Å². The van der Waals surface area contributed by atoms with Crippen molar-refractivity contribution < 1.29 is 5.11 Å². The smallest absolute Gasteiger partial charge is 0.0762 e. The molecule has 112 valence electrons. The number of fused-ring (bicyclic) bond motifs is 1. The second kappa shape index (κ2) is 6.67. The molecule has 3 rings (SSSR count). The van der Waals surface area contributed by atoms with Gasteiger partial charge in [-0.15, -0.1) is 0 Å². The maximum atomic E-state index is 9.11. The summed E-state index contributed by atoms with van der Waals surface area (Å²) in [5.74, 6) is 2.30. The zero-order chi connectivity index (χ0) is 14.7. The van der Waals surface area contributed by atoms with Crippen molar-refractivity contribution in [2.24, 2.45) is 5.92 Å². The highest BCUT2D eigenvalue weighted by atomic mass is 32.2. The first-order chi connectivity index (χ1) is 10.3. The highest BCUT2D eigenvalue weighted by molar-refractivity contribution is 7.98. The first-order valence-electron chi connectivity index (χ1n) is 7.63. The fourth-order valence-electron chi connectivity index (χ4n) is 2.82. The Morgan fingerprint density at radius 1 is 1.29 bits per heavy atom. The molecule has 1 heterocycles. The molecule has 1 aliphatic carbocycles. The van der Waals surface area contributed by atoms with Crippen molar-refractivity contribution in [2.75, 3.05) is 12.4 Å². The Hall–Kier alpha value is -1.26.